The Bertz CT molecular complexity index is 785. The molecule has 1 aromatic carbocycles. The van der Waals surface area contributed by atoms with Gasteiger partial charge in [-0.15, -0.1) is 0 Å². The van der Waals surface area contributed by atoms with Crippen LogP contribution in [0.5, 0.6) is 5.75 Å². The van der Waals surface area contributed by atoms with Gasteiger partial charge in [0.05, 0.1) is 23.0 Å². The van der Waals surface area contributed by atoms with E-state index in [9.17, 15) is 13.6 Å². The lowest BCUT2D eigenvalue weighted by molar-refractivity contribution is -0.0493. The minimum Gasteiger partial charge on any atom is -0.433 e. The van der Waals surface area contributed by atoms with Crippen molar-refractivity contribution in [1.82, 2.24) is 15.5 Å². The van der Waals surface area contributed by atoms with Gasteiger partial charge in [0.1, 0.15) is 5.75 Å². The molecule has 3 N–H and O–H groups in total. The highest BCUT2D eigenvalue weighted by Gasteiger charge is 2.15. The van der Waals surface area contributed by atoms with Crippen LogP contribution in [0.1, 0.15) is 23.9 Å². The van der Waals surface area contributed by atoms with E-state index in [0.29, 0.717) is 6.42 Å². The van der Waals surface area contributed by atoms with Crippen LogP contribution in [-0.2, 0) is 6.42 Å². The van der Waals surface area contributed by atoms with Gasteiger partial charge in [0, 0.05) is 18.2 Å². The number of benzene rings is 1. The highest BCUT2D eigenvalue weighted by molar-refractivity contribution is 5.91. The van der Waals surface area contributed by atoms with Crippen molar-refractivity contribution in [3.8, 4) is 11.8 Å². The fourth-order valence-corrected chi connectivity index (χ4v) is 2.22. The number of hydrogen-bond acceptors (Lipinski definition) is 4. The first-order valence-corrected chi connectivity index (χ1v) is 7.44. The first-order valence-electron chi connectivity index (χ1n) is 7.44. The number of nitrogens with one attached hydrogen (secondary N) is 3. The second kappa shape index (κ2) is 8.10. The minimum atomic E-state index is -3.04. The third-order valence-electron chi connectivity index (χ3n) is 3.22. The van der Waals surface area contributed by atoms with Crippen LogP contribution in [0.4, 0.5) is 19.3 Å². The topological polar surface area (TPSA) is 103 Å². The summed E-state index contributed by atoms with van der Waals surface area (Å²) in [5.41, 5.74) is 1.89. The van der Waals surface area contributed by atoms with Gasteiger partial charge in [-0.25, -0.2) is 4.79 Å². The molecule has 132 valence electrons. The van der Waals surface area contributed by atoms with Gasteiger partial charge in [-0.05, 0) is 38.1 Å². The number of H-pyrrole nitrogens is 1. The van der Waals surface area contributed by atoms with Crippen LogP contribution in [0, 0.1) is 18.3 Å². The fraction of sp³-hybridized carbons (Fsp3) is 0.312. The van der Waals surface area contributed by atoms with E-state index in [1.807, 2.05) is 19.1 Å². The maximum absolute atomic E-state index is 12.4. The van der Waals surface area contributed by atoms with Gasteiger partial charge in [-0.2, -0.15) is 19.1 Å². The minimum absolute atomic E-state index is 0.0142. The molecule has 0 aliphatic heterocycles. The van der Waals surface area contributed by atoms with E-state index in [1.165, 1.54) is 18.2 Å². The molecule has 9 heteroatoms. The first-order chi connectivity index (χ1) is 11.9. The zero-order chi connectivity index (χ0) is 18.4. The zero-order valence-electron chi connectivity index (χ0n) is 13.6. The quantitative estimate of drug-likeness (QED) is 0.746. The lowest BCUT2D eigenvalue weighted by Gasteiger charge is -2.16. The van der Waals surface area contributed by atoms with E-state index in [1.54, 1.807) is 6.92 Å². The first kappa shape index (κ1) is 18.2. The number of carbonyl (C=O) groups excluding carboxylic acids is 1. The number of halogens is 2. The number of ether oxygens (including phenoxy) is 1. The van der Waals surface area contributed by atoms with Gasteiger partial charge in [-0.3, -0.25) is 5.10 Å². The molecule has 0 radical (unpaired) electrons. The van der Waals surface area contributed by atoms with Crippen molar-refractivity contribution < 1.29 is 18.3 Å². The molecule has 0 fully saturated rings. The molecule has 0 aliphatic rings. The van der Waals surface area contributed by atoms with Crippen molar-refractivity contribution in [2.75, 3.05) is 5.32 Å². The van der Waals surface area contributed by atoms with E-state index in [-0.39, 0.29) is 23.0 Å². The molecule has 0 aliphatic carbocycles. The highest BCUT2D eigenvalue weighted by Crippen LogP contribution is 2.27. The Labute approximate surface area is 143 Å². The smallest absolute Gasteiger partial charge is 0.387 e. The van der Waals surface area contributed by atoms with Crippen LogP contribution in [0.2, 0.25) is 0 Å². The van der Waals surface area contributed by atoms with Crippen molar-refractivity contribution in [3.63, 3.8) is 0 Å². The molecular formula is C16H17F2N5O2. The summed E-state index contributed by atoms with van der Waals surface area (Å²) in [5.74, 6) is -0.222. The SMILES string of the molecule is Cc1cc(C[C@H](C)NC(=O)Nc2cc(C#N)ccc2OC(F)F)n[nH]1. The van der Waals surface area contributed by atoms with E-state index < -0.39 is 12.6 Å². The summed E-state index contributed by atoms with van der Waals surface area (Å²) in [7, 11) is 0. The molecule has 0 bridgehead atoms. The number of aryl methyl sites for hydroxylation is 1. The van der Waals surface area contributed by atoms with Crippen LogP contribution < -0.4 is 15.4 Å². The summed E-state index contributed by atoms with van der Waals surface area (Å²) in [6.07, 6.45) is 0.496. The largest absolute Gasteiger partial charge is 0.433 e. The lowest BCUT2D eigenvalue weighted by Crippen LogP contribution is -2.37. The number of urea groups is 1. The molecule has 1 heterocycles. The molecular weight excluding hydrogens is 332 g/mol. The number of nitriles is 1. The summed E-state index contributed by atoms with van der Waals surface area (Å²) >= 11 is 0. The summed E-state index contributed by atoms with van der Waals surface area (Å²) in [6, 6.07) is 6.67. The Kier molecular flexibility index (Phi) is 5.89. The second-order valence-corrected chi connectivity index (χ2v) is 5.45. The van der Waals surface area contributed by atoms with Gasteiger partial charge >= 0.3 is 12.6 Å². The summed E-state index contributed by atoms with van der Waals surface area (Å²) in [6.45, 7) is 0.609. The van der Waals surface area contributed by atoms with E-state index in [4.69, 9.17) is 5.26 Å². The average Bonchev–Trinajstić information content (AvgIpc) is 2.93. The zero-order valence-corrected chi connectivity index (χ0v) is 13.6. The second-order valence-electron chi connectivity index (χ2n) is 5.45. The van der Waals surface area contributed by atoms with E-state index in [2.05, 4.69) is 25.6 Å². The number of nitrogens with zero attached hydrogens (tertiary/aromatic N) is 2. The molecule has 2 amide bonds. The number of alkyl halides is 2. The maximum atomic E-state index is 12.4. The van der Waals surface area contributed by atoms with Crippen LogP contribution in [0.3, 0.4) is 0 Å². The Morgan fingerprint density at radius 3 is 2.80 bits per heavy atom. The Hall–Kier alpha value is -3.15. The number of aromatic amines is 1. The summed E-state index contributed by atoms with van der Waals surface area (Å²) in [5, 5.41) is 20.9. The van der Waals surface area contributed by atoms with Crippen molar-refractivity contribution in [2.24, 2.45) is 0 Å². The molecule has 0 spiro atoms. The van der Waals surface area contributed by atoms with E-state index >= 15 is 0 Å². The van der Waals surface area contributed by atoms with Crippen molar-refractivity contribution in [1.29, 1.82) is 5.26 Å². The van der Waals surface area contributed by atoms with Crippen molar-refractivity contribution >= 4 is 11.7 Å². The fourth-order valence-electron chi connectivity index (χ4n) is 2.22. The number of anilines is 1. The van der Waals surface area contributed by atoms with Crippen LogP contribution in [-0.4, -0.2) is 28.9 Å². The number of rotatable bonds is 6. The molecule has 1 atom stereocenters. The molecule has 2 rings (SSSR count). The summed E-state index contributed by atoms with van der Waals surface area (Å²) < 4.78 is 29.2. The third kappa shape index (κ3) is 5.46. The van der Waals surface area contributed by atoms with Crippen LogP contribution >= 0.6 is 0 Å². The normalized spacial score (nSPS) is 11.7. The monoisotopic (exact) mass is 349 g/mol. The predicted octanol–water partition coefficient (Wildman–Crippen LogP) is 2.94. The molecule has 7 nitrogen and oxygen atoms in total. The van der Waals surface area contributed by atoms with Gasteiger partial charge in [-0.1, -0.05) is 0 Å². The molecule has 0 saturated carbocycles. The Morgan fingerprint density at radius 1 is 1.44 bits per heavy atom. The number of amides is 2. The molecule has 0 unspecified atom stereocenters. The average molecular weight is 349 g/mol. The lowest BCUT2D eigenvalue weighted by atomic mass is 10.2. The third-order valence-corrected chi connectivity index (χ3v) is 3.22. The van der Waals surface area contributed by atoms with Crippen LogP contribution in [0.15, 0.2) is 24.3 Å². The van der Waals surface area contributed by atoms with Gasteiger partial charge in [0.25, 0.3) is 0 Å². The Balaban J connectivity index is 2.02. The van der Waals surface area contributed by atoms with Crippen LogP contribution in [0.25, 0.3) is 0 Å². The molecule has 25 heavy (non-hydrogen) atoms. The molecule has 1 aromatic heterocycles. The van der Waals surface area contributed by atoms with Crippen molar-refractivity contribution in [3.05, 3.63) is 41.2 Å². The highest BCUT2D eigenvalue weighted by atomic mass is 19.3. The standard InChI is InChI=1S/C16H17F2N5O2/c1-9(5-12-6-10(2)22-23-12)20-16(24)21-13-7-11(8-19)3-4-14(13)25-15(17)18/h3-4,6-7,9,15H,5H2,1-2H3,(H,22,23)(H2,20,21,24)/t9-/m0/s1. The molecule has 0 saturated heterocycles. The summed E-state index contributed by atoms with van der Waals surface area (Å²) in [4.78, 5) is 12.1. The van der Waals surface area contributed by atoms with Gasteiger partial charge in [0.15, 0.2) is 0 Å². The van der Waals surface area contributed by atoms with Gasteiger partial charge < -0.3 is 15.4 Å². The predicted molar refractivity (Wildman–Crippen MR) is 86.4 cm³/mol. The molecule has 2 aromatic rings. The number of carbonyl (C=O) groups is 1. The number of hydrogen-bond donors (Lipinski definition) is 3. The van der Waals surface area contributed by atoms with Gasteiger partial charge in [0.2, 0.25) is 0 Å². The maximum Gasteiger partial charge on any atom is 0.387 e. The van der Waals surface area contributed by atoms with Crippen molar-refractivity contribution in [2.45, 2.75) is 32.9 Å². The Morgan fingerprint density at radius 2 is 2.20 bits per heavy atom. The van der Waals surface area contributed by atoms with E-state index in [0.717, 1.165) is 11.4 Å². The number of aromatic nitrogens is 2.